The Hall–Kier alpha value is -4.89. The number of anilines is 2. The third kappa shape index (κ3) is 5.51. The molecule has 0 aliphatic rings. The van der Waals surface area contributed by atoms with Gasteiger partial charge in [-0.3, -0.25) is 0 Å². The number of phenols is 1. The monoisotopic (exact) mass is 625 g/mol. The maximum absolute atomic E-state index is 11.2. The van der Waals surface area contributed by atoms with E-state index in [-0.39, 0.29) is 34.1 Å². The van der Waals surface area contributed by atoms with Crippen molar-refractivity contribution in [2.75, 3.05) is 66.4 Å². The van der Waals surface area contributed by atoms with E-state index in [9.17, 15) is 20.9 Å². The van der Waals surface area contributed by atoms with E-state index in [1.807, 2.05) is 34.3 Å². The number of phenolic OH excluding ortho intramolecular Hbond substituents is 1. The molecule has 0 radical (unpaired) electrons. The Bertz CT molecular complexity index is 1570. The summed E-state index contributed by atoms with van der Waals surface area (Å²) >= 11 is 12.8. The molecule has 11 nitrogen and oxygen atoms in total. The number of halogens is 2. The highest BCUT2D eigenvalue weighted by Gasteiger charge is 2.49. The molecule has 43 heavy (non-hydrogen) atoms. The summed E-state index contributed by atoms with van der Waals surface area (Å²) in [5.41, 5.74) is -1.81. The Morgan fingerprint density at radius 3 is 1.33 bits per heavy atom. The molecule has 1 N–H and O–H groups in total. The van der Waals surface area contributed by atoms with Gasteiger partial charge in [0, 0.05) is 63.8 Å². The van der Waals surface area contributed by atoms with Crippen LogP contribution in [0.2, 0.25) is 10.0 Å². The number of ether oxygens (including phenoxy) is 5. The SMILES string of the molecule is COc1cc(N(C)C)cc(OC)c1C(C#N)(Oc1c(Cl)c(Cl)c(O)c(C#N)c1C#N)c1c(OC)cc(N(C)C)cc1OC. The van der Waals surface area contributed by atoms with Crippen LogP contribution in [0.25, 0.3) is 0 Å². The molecule has 3 rings (SSSR count). The molecule has 0 bridgehead atoms. The molecule has 0 saturated heterocycles. The van der Waals surface area contributed by atoms with E-state index < -0.39 is 38.3 Å². The fourth-order valence-electron chi connectivity index (χ4n) is 4.49. The van der Waals surface area contributed by atoms with Crippen molar-refractivity contribution >= 4 is 34.6 Å². The largest absolute Gasteiger partial charge is 0.505 e. The molecule has 0 heterocycles. The second-order valence-corrected chi connectivity index (χ2v) is 10.2. The van der Waals surface area contributed by atoms with Gasteiger partial charge in [-0.2, -0.15) is 15.8 Å². The Morgan fingerprint density at radius 1 is 0.674 bits per heavy atom. The average molecular weight is 626 g/mol. The van der Waals surface area contributed by atoms with E-state index in [0.717, 1.165) is 0 Å². The Kier molecular flexibility index (Phi) is 9.83. The summed E-state index contributed by atoms with van der Waals surface area (Å²) in [6, 6.07) is 12.5. The van der Waals surface area contributed by atoms with Crippen molar-refractivity contribution < 1.29 is 28.8 Å². The Morgan fingerprint density at radius 2 is 1.05 bits per heavy atom. The van der Waals surface area contributed by atoms with Crippen LogP contribution < -0.4 is 33.5 Å². The molecule has 0 aromatic heterocycles. The van der Waals surface area contributed by atoms with Crippen molar-refractivity contribution in [3.8, 4) is 52.7 Å². The van der Waals surface area contributed by atoms with Gasteiger partial charge in [0.05, 0.1) is 39.6 Å². The molecule has 3 aromatic rings. The van der Waals surface area contributed by atoms with Gasteiger partial charge in [-0.15, -0.1) is 0 Å². The van der Waals surface area contributed by atoms with Crippen LogP contribution in [0.4, 0.5) is 11.4 Å². The first-order chi connectivity index (χ1) is 20.4. The number of benzene rings is 3. The summed E-state index contributed by atoms with van der Waals surface area (Å²) in [6.45, 7) is 0. The maximum atomic E-state index is 11.2. The molecule has 0 aliphatic carbocycles. The van der Waals surface area contributed by atoms with Crippen LogP contribution in [0.5, 0.6) is 34.5 Å². The zero-order valence-corrected chi connectivity index (χ0v) is 26.3. The van der Waals surface area contributed by atoms with Crippen molar-refractivity contribution in [3.63, 3.8) is 0 Å². The molecule has 13 heteroatoms. The van der Waals surface area contributed by atoms with Gasteiger partial charge in [0.25, 0.3) is 5.60 Å². The highest BCUT2D eigenvalue weighted by atomic mass is 35.5. The number of hydrogen-bond donors (Lipinski definition) is 1. The molecular weight excluding hydrogens is 597 g/mol. The first-order valence-electron chi connectivity index (χ1n) is 12.4. The van der Waals surface area contributed by atoms with Crippen LogP contribution in [0.1, 0.15) is 22.3 Å². The van der Waals surface area contributed by atoms with Crippen molar-refractivity contribution in [1.29, 1.82) is 15.8 Å². The molecular formula is C30H29Cl2N5O6. The highest BCUT2D eigenvalue weighted by molar-refractivity contribution is 6.44. The third-order valence-electron chi connectivity index (χ3n) is 6.67. The van der Waals surface area contributed by atoms with Crippen LogP contribution in [-0.2, 0) is 5.60 Å². The summed E-state index contributed by atoms with van der Waals surface area (Å²) in [6.07, 6.45) is 0. The number of rotatable bonds is 10. The summed E-state index contributed by atoms with van der Waals surface area (Å²) in [4.78, 5) is 3.61. The van der Waals surface area contributed by atoms with Gasteiger partial charge in [0.1, 0.15) is 62.4 Å². The first kappa shape index (κ1) is 32.6. The maximum Gasteiger partial charge on any atom is 0.259 e. The molecule has 0 atom stereocenters. The molecule has 0 amide bonds. The number of aromatic hydroxyl groups is 1. The van der Waals surface area contributed by atoms with E-state index in [4.69, 9.17) is 46.9 Å². The van der Waals surface area contributed by atoms with Gasteiger partial charge in [-0.25, -0.2) is 0 Å². The zero-order valence-electron chi connectivity index (χ0n) is 24.8. The molecule has 3 aromatic carbocycles. The molecule has 0 fully saturated rings. The number of nitriles is 3. The lowest BCUT2D eigenvalue weighted by Gasteiger charge is -2.34. The van der Waals surface area contributed by atoms with Gasteiger partial charge < -0.3 is 38.6 Å². The van der Waals surface area contributed by atoms with Crippen molar-refractivity contribution in [2.24, 2.45) is 0 Å². The van der Waals surface area contributed by atoms with E-state index in [1.165, 1.54) is 28.4 Å². The minimum atomic E-state index is -2.30. The Labute approximate surface area is 260 Å². The predicted octanol–water partition coefficient (Wildman–Crippen LogP) is 5.45. The van der Waals surface area contributed by atoms with E-state index in [0.29, 0.717) is 11.4 Å². The molecule has 0 spiro atoms. The fraction of sp³-hybridized carbons (Fsp3) is 0.300. The van der Waals surface area contributed by atoms with E-state index in [2.05, 4.69) is 6.07 Å². The number of nitrogens with zero attached hydrogens (tertiary/aromatic N) is 5. The summed E-state index contributed by atoms with van der Waals surface area (Å²) in [5.74, 6) is -0.533. The van der Waals surface area contributed by atoms with Gasteiger partial charge >= 0.3 is 0 Å². The van der Waals surface area contributed by atoms with Crippen LogP contribution >= 0.6 is 23.2 Å². The van der Waals surface area contributed by atoms with Gasteiger partial charge in [-0.05, 0) is 0 Å². The summed E-state index contributed by atoms with van der Waals surface area (Å²) < 4.78 is 29.7. The topological polar surface area (TPSA) is 144 Å². The first-order valence-corrected chi connectivity index (χ1v) is 13.2. The minimum Gasteiger partial charge on any atom is -0.505 e. The minimum absolute atomic E-state index is 0.0578. The summed E-state index contributed by atoms with van der Waals surface area (Å²) in [7, 11) is 12.9. The molecule has 0 aliphatic heterocycles. The second kappa shape index (κ2) is 13.0. The quantitative estimate of drug-likeness (QED) is 0.307. The lowest BCUT2D eigenvalue weighted by molar-refractivity contribution is 0.154. The number of hydrogen-bond acceptors (Lipinski definition) is 11. The highest BCUT2D eigenvalue weighted by Crippen LogP contribution is 2.54. The molecule has 0 unspecified atom stereocenters. The smallest absolute Gasteiger partial charge is 0.259 e. The van der Waals surface area contributed by atoms with Crippen LogP contribution in [0.3, 0.4) is 0 Å². The second-order valence-electron chi connectivity index (χ2n) is 9.41. The van der Waals surface area contributed by atoms with Crippen LogP contribution in [-0.4, -0.2) is 61.7 Å². The molecule has 0 saturated carbocycles. The lowest BCUT2D eigenvalue weighted by Crippen LogP contribution is -2.36. The lowest BCUT2D eigenvalue weighted by atomic mass is 9.83. The standard InChI is InChI=1S/C30H29Cl2N5O6/c1-36(2)16-9-20(39-5)24(21(10-16)40-6)30(15-35,25-22(41-7)11-17(37(3)4)12-23(25)42-8)43-29-19(14-34)18(13-33)28(38)26(31)27(29)32/h9-12,38H,1-8H3. The predicted molar refractivity (Wildman–Crippen MR) is 162 cm³/mol. The molecule has 224 valence electrons. The third-order valence-corrected chi connectivity index (χ3v) is 7.49. The van der Waals surface area contributed by atoms with Crippen LogP contribution in [0.15, 0.2) is 24.3 Å². The van der Waals surface area contributed by atoms with Gasteiger partial charge in [0.15, 0.2) is 11.5 Å². The number of methoxy groups -OCH3 is 4. The van der Waals surface area contributed by atoms with Gasteiger partial charge in [-0.1, -0.05) is 23.2 Å². The van der Waals surface area contributed by atoms with E-state index in [1.54, 1.807) is 40.1 Å². The zero-order chi connectivity index (χ0) is 32.2. The van der Waals surface area contributed by atoms with Crippen molar-refractivity contribution in [3.05, 3.63) is 56.6 Å². The average Bonchev–Trinajstić information content (AvgIpc) is 3.01. The summed E-state index contributed by atoms with van der Waals surface area (Å²) in [5, 5.41) is 40.7. The van der Waals surface area contributed by atoms with Crippen molar-refractivity contribution in [2.45, 2.75) is 5.60 Å². The normalized spacial score (nSPS) is 10.6. The Balaban J connectivity index is 2.69. The van der Waals surface area contributed by atoms with E-state index >= 15 is 0 Å². The van der Waals surface area contributed by atoms with Gasteiger partial charge in [0.2, 0.25) is 0 Å². The van der Waals surface area contributed by atoms with Crippen LogP contribution in [0, 0.1) is 34.0 Å². The fourth-order valence-corrected chi connectivity index (χ4v) is 4.89. The van der Waals surface area contributed by atoms with Crippen molar-refractivity contribution in [1.82, 2.24) is 0 Å².